The van der Waals surface area contributed by atoms with Gasteiger partial charge in [0.25, 0.3) is 15.9 Å². The predicted octanol–water partition coefficient (Wildman–Crippen LogP) is -0.0991. The molecule has 0 fully saturated rings. The van der Waals surface area contributed by atoms with Crippen molar-refractivity contribution in [3.8, 4) is 0 Å². The smallest absolute Gasteiger partial charge is 0.289 e. The van der Waals surface area contributed by atoms with Crippen molar-refractivity contribution >= 4 is 28.3 Å². The lowest BCUT2D eigenvalue weighted by molar-refractivity contribution is 0.0759. The van der Waals surface area contributed by atoms with Crippen molar-refractivity contribution in [3.05, 3.63) is 17.9 Å². The Hall–Kier alpha value is -1.09. The van der Waals surface area contributed by atoms with Crippen LogP contribution in [0.2, 0.25) is 0 Å². The van der Waals surface area contributed by atoms with Crippen LogP contribution in [-0.4, -0.2) is 53.5 Å². The van der Waals surface area contributed by atoms with E-state index in [1.54, 1.807) is 14.1 Å². The van der Waals surface area contributed by atoms with Crippen LogP contribution in [0, 0.1) is 0 Å². The molecule has 7 nitrogen and oxygen atoms in total. The van der Waals surface area contributed by atoms with Gasteiger partial charge in [0.15, 0.2) is 5.76 Å². The van der Waals surface area contributed by atoms with Crippen LogP contribution in [0.25, 0.3) is 0 Å². The molecule has 1 aromatic rings. The number of halogens is 1. The first kappa shape index (κ1) is 17.9. The van der Waals surface area contributed by atoms with Crippen LogP contribution in [0.4, 0.5) is 0 Å². The quantitative estimate of drug-likeness (QED) is 0.765. The first-order valence-corrected chi connectivity index (χ1v) is 6.84. The summed E-state index contributed by atoms with van der Waals surface area (Å²) in [5, 5.41) is 2.64. The molecular formula is C10H18ClN3O4S. The highest BCUT2D eigenvalue weighted by Crippen LogP contribution is 2.14. The Morgan fingerprint density at radius 1 is 1.37 bits per heavy atom. The van der Waals surface area contributed by atoms with Gasteiger partial charge in [-0.15, -0.1) is 12.4 Å². The van der Waals surface area contributed by atoms with Crippen LogP contribution in [-0.2, 0) is 10.0 Å². The van der Waals surface area contributed by atoms with Gasteiger partial charge in [-0.05, 0) is 26.2 Å². The standard InChI is InChI=1S/C10H17N3O4S.ClH/c1-11-6-7-13(3)10(14)8-4-5-9(17-8)18(15,16)12-2;/h4-5,11-12H,6-7H2,1-3H3;1H. The van der Waals surface area contributed by atoms with E-state index in [-0.39, 0.29) is 29.2 Å². The lowest BCUT2D eigenvalue weighted by Gasteiger charge is -2.14. The number of furan rings is 1. The predicted molar refractivity (Wildman–Crippen MR) is 73.1 cm³/mol. The number of carbonyl (C=O) groups is 1. The molecule has 1 heterocycles. The van der Waals surface area contributed by atoms with Gasteiger partial charge in [-0.2, -0.15) is 0 Å². The Morgan fingerprint density at radius 3 is 2.53 bits per heavy atom. The zero-order valence-corrected chi connectivity index (χ0v) is 12.6. The molecule has 0 saturated carbocycles. The lowest BCUT2D eigenvalue weighted by atomic mass is 10.4. The molecule has 0 spiro atoms. The molecule has 0 saturated heterocycles. The van der Waals surface area contributed by atoms with E-state index in [1.165, 1.54) is 24.1 Å². The van der Waals surface area contributed by atoms with E-state index in [4.69, 9.17) is 4.42 Å². The highest BCUT2D eigenvalue weighted by Gasteiger charge is 2.21. The van der Waals surface area contributed by atoms with Crippen molar-refractivity contribution in [2.45, 2.75) is 5.09 Å². The SMILES string of the molecule is CNCCN(C)C(=O)c1ccc(S(=O)(=O)NC)o1.Cl. The summed E-state index contributed by atoms with van der Waals surface area (Å²) in [6.07, 6.45) is 0. The van der Waals surface area contributed by atoms with E-state index in [0.29, 0.717) is 13.1 Å². The summed E-state index contributed by atoms with van der Waals surface area (Å²) in [7, 11) is 1.02. The van der Waals surface area contributed by atoms with Crippen molar-refractivity contribution in [3.63, 3.8) is 0 Å². The van der Waals surface area contributed by atoms with Gasteiger partial charge in [0.1, 0.15) is 0 Å². The molecule has 0 radical (unpaired) electrons. The molecule has 0 bridgehead atoms. The minimum Gasteiger partial charge on any atom is -0.438 e. The van der Waals surface area contributed by atoms with Crippen LogP contribution in [0.3, 0.4) is 0 Å². The highest BCUT2D eigenvalue weighted by molar-refractivity contribution is 7.89. The lowest BCUT2D eigenvalue weighted by Crippen LogP contribution is -2.32. The van der Waals surface area contributed by atoms with E-state index < -0.39 is 10.0 Å². The Balaban J connectivity index is 0.00000324. The van der Waals surface area contributed by atoms with Crippen LogP contribution in [0.5, 0.6) is 0 Å². The van der Waals surface area contributed by atoms with Crippen LogP contribution in [0.1, 0.15) is 10.6 Å². The zero-order chi connectivity index (χ0) is 13.8. The van der Waals surface area contributed by atoms with Crippen molar-refractivity contribution in [1.82, 2.24) is 14.9 Å². The maximum absolute atomic E-state index is 11.9. The number of nitrogens with one attached hydrogen (secondary N) is 2. The van der Waals surface area contributed by atoms with Crippen molar-refractivity contribution in [2.24, 2.45) is 0 Å². The van der Waals surface area contributed by atoms with Crippen molar-refractivity contribution in [1.29, 1.82) is 0 Å². The number of carbonyl (C=O) groups excluding carboxylic acids is 1. The first-order chi connectivity index (χ1) is 8.42. The largest absolute Gasteiger partial charge is 0.438 e. The Morgan fingerprint density at radius 2 is 2.00 bits per heavy atom. The number of sulfonamides is 1. The van der Waals surface area contributed by atoms with Crippen LogP contribution in [0.15, 0.2) is 21.6 Å². The first-order valence-electron chi connectivity index (χ1n) is 5.36. The summed E-state index contributed by atoms with van der Waals surface area (Å²) in [5.41, 5.74) is 0. The van der Waals surface area contributed by atoms with E-state index >= 15 is 0 Å². The average molecular weight is 312 g/mol. The molecule has 0 aliphatic heterocycles. The normalized spacial score (nSPS) is 10.9. The summed E-state index contributed by atoms with van der Waals surface area (Å²) in [6, 6.07) is 2.60. The summed E-state index contributed by atoms with van der Waals surface area (Å²) in [6.45, 7) is 1.15. The number of hydrogen-bond donors (Lipinski definition) is 2. The third-order valence-corrected chi connectivity index (χ3v) is 3.66. The molecule has 19 heavy (non-hydrogen) atoms. The molecule has 1 aromatic heterocycles. The summed E-state index contributed by atoms with van der Waals surface area (Å²) < 4.78 is 30.0. The molecular weight excluding hydrogens is 294 g/mol. The van der Waals surface area contributed by atoms with Crippen LogP contribution >= 0.6 is 12.4 Å². The maximum atomic E-state index is 11.9. The third kappa shape index (κ3) is 4.50. The fourth-order valence-corrected chi connectivity index (χ4v) is 1.90. The number of likely N-dealkylation sites (N-methyl/N-ethyl adjacent to an activating group) is 2. The molecule has 0 aliphatic carbocycles. The maximum Gasteiger partial charge on any atom is 0.289 e. The van der Waals surface area contributed by atoms with Crippen molar-refractivity contribution in [2.75, 3.05) is 34.2 Å². The number of amides is 1. The molecule has 110 valence electrons. The molecule has 0 aromatic carbocycles. The van der Waals surface area contributed by atoms with Gasteiger partial charge in [0, 0.05) is 20.1 Å². The Bertz CT molecular complexity index is 515. The number of rotatable bonds is 6. The van der Waals surface area contributed by atoms with E-state index in [0.717, 1.165) is 0 Å². The molecule has 1 rings (SSSR count). The van der Waals surface area contributed by atoms with Crippen LogP contribution < -0.4 is 10.0 Å². The van der Waals surface area contributed by atoms with Gasteiger partial charge in [-0.3, -0.25) is 4.79 Å². The van der Waals surface area contributed by atoms with Gasteiger partial charge in [0.05, 0.1) is 0 Å². The van der Waals surface area contributed by atoms with Gasteiger partial charge in [-0.1, -0.05) is 0 Å². The van der Waals surface area contributed by atoms with E-state index in [9.17, 15) is 13.2 Å². The molecule has 0 unspecified atom stereocenters. The highest BCUT2D eigenvalue weighted by atomic mass is 35.5. The van der Waals surface area contributed by atoms with E-state index in [1.807, 2.05) is 0 Å². The topological polar surface area (TPSA) is 91.7 Å². The second-order valence-corrected chi connectivity index (χ2v) is 5.47. The summed E-state index contributed by atoms with van der Waals surface area (Å²) in [4.78, 5) is 13.3. The molecule has 1 amide bonds. The minimum absolute atomic E-state index is 0. The average Bonchev–Trinajstić information content (AvgIpc) is 2.85. The summed E-state index contributed by atoms with van der Waals surface area (Å²) >= 11 is 0. The molecule has 0 atom stereocenters. The minimum atomic E-state index is -3.65. The van der Waals surface area contributed by atoms with Gasteiger partial charge >= 0.3 is 0 Å². The van der Waals surface area contributed by atoms with E-state index in [2.05, 4.69) is 10.0 Å². The monoisotopic (exact) mass is 311 g/mol. The second-order valence-electron chi connectivity index (χ2n) is 3.66. The van der Waals surface area contributed by atoms with Crippen molar-refractivity contribution < 1.29 is 17.6 Å². The fraction of sp³-hybridized carbons (Fsp3) is 0.500. The fourth-order valence-electron chi connectivity index (χ4n) is 1.25. The van der Waals surface area contributed by atoms with Gasteiger partial charge in [0.2, 0.25) is 5.09 Å². The molecule has 2 N–H and O–H groups in total. The third-order valence-electron chi connectivity index (χ3n) is 2.37. The van der Waals surface area contributed by atoms with Gasteiger partial charge in [-0.25, -0.2) is 13.1 Å². The second kappa shape index (κ2) is 7.49. The Kier molecular flexibility index (Phi) is 7.06. The molecule has 9 heteroatoms. The number of hydrogen-bond acceptors (Lipinski definition) is 5. The Labute approximate surface area is 118 Å². The number of nitrogens with zero attached hydrogens (tertiary/aromatic N) is 1. The zero-order valence-electron chi connectivity index (χ0n) is 11.0. The summed E-state index contributed by atoms with van der Waals surface area (Å²) in [5.74, 6) is -0.356. The molecule has 0 aliphatic rings. The van der Waals surface area contributed by atoms with Gasteiger partial charge < -0.3 is 14.6 Å².